The van der Waals surface area contributed by atoms with Crippen LogP contribution in [0.5, 0.6) is 11.5 Å². The van der Waals surface area contributed by atoms with Crippen LogP contribution in [-0.2, 0) is 24.2 Å². The van der Waals surface area contributed by atoms with E-state index < -0.39 is 0 Å². The van der Waals surface area contributed by atoms with E-state index in [2.05, 4.69) is 52.8 Å². The standard InChI is InChI=1S/C25H36N4O3.HI/c1-4-26-25(27-12-11-20-9-10-23(30-2)24(17-20)31-3)28-18-21-5-7-22(8-6-21)19-29-13-15-32-16-14-29;/h5-10,17H,4,11-16,18-19H2,1-3H3,(H2,26,27,28);1H. The van der Waals surface area contributed by atoms with E-state index in [9.17, 15) is 0 Å². The fourth-order valence-electron chi connectivity index (χ4n) is 3.64. The van der Waals surface area contributed by atoms with Crippen LogP contribution in [0.3, 0.4) is 0 Å². The fourth-order valence-corrected chi connectivity index (χ4v) is 3.64. The van der Waals surface area contributed by atoms with Gasteiger partial charge in [0.15, 0.2) is 17.5 Å². The number of nitrogens with one attached hydrogen (secondary N) is 2. The van der Waals surface area contributed by atoms with Gasteiger partial charge in [0.25, 0.3) is 0 Å². The van der Waals surface area contributed by atoms with Gasteiger partial charge in [-0.1, -0.05) is 30.3 Å². The molecule has 0 saturated carbocycles. The van der Waals surface area contributed by atoms with Crippen molar-refractivity contribution in [2.75, 3.05) is 53.6 Å². The predicted molar refractivity (Wildman–Crippen MR) is 144 cm³/mol. The molecule has 1 aliphatic heterocycles. The van der Waals surface area contributed by atoms with Crippen LogP contribution >= 0.6 is 24.0 Å². The summed E-state index contributed by atoms with van der Waals surface area (Å²) in [5, 5.41) is 6.74. The molecule has 8 heteroatoms. The molecule has 0 spiro atoms. The zero-order valence-corrected chi connectivity index (χ0v) is 22.3. The Hall–Kier alpha value is -2.04. The molecular weight excluding hydrogens is 531 g/mol. The van der Waals surface area contributed by atoms with E-state index in [4.69, 9.17) is 19.2 Å². The number of methoxy groups -OCH3 is 2. The van der Waals surface area contributed by atoms with Gasteiger partial charge in [-0.25, -0.2) is 4.99 Å². The molecule has 1 heterocycles. The lowest BCUT2D eigenvalue weighted by Gasteiger charge is -2.26. The molecule has 33 heavy (non-hydrogen) atoms. The molecule has 0 bridgehead atoms. The van der Waals surface area contributed by atoms with Gasteiger partial charge in [0, 0.05) is 32.7 Å². The SMILES string of the molecule is CCNC(=NCc1ccc(CN2CCOCC2)cc1)NCCc1ccc(OC)c(OC)c1.I. The first-order chi connectivity index (χ1) is 15.7. The summed E-state index contributed by atoms with van der Waals surface area (Å²) in [5.74, 6) is 2.32. The van der Waals surface area contributed by atoms with Crippen molar-refractivity contribution < 1.29 is 14.2 Å². The van der Waals surface area contributed by atoms with Crippen LogP contribution in [0.25, 0.3) is 0 Å². The predicted octanol–water partition coefficient (Wildman–Crippen LogP) is 3.45. The molecule has 1 aliphatic rings. The Labute approximate surface area is 214 Å². The maximum absolute atomic E-state index is 5.42. The molecule has 2 aromatic carbocycles. The highest BCUT2D eigenvalue weighted by Gasteiger charge is 2.10. The third-order valence-corrected chi connectivity index (χ3v) is 5.45. The van der Waals surface area contributed by atoms with Crippen LogP contribution < -0.4 is 20.1 Å². The number of benzene rings is 2. The molecular formula is C25H37IN4O3. The first-order valence-corrected chi connectivity index (χ1v) is 11.3. The quantitative estimate of drug-likeness (QED) is 0.260. The molecule has 0 aromatic heterocycles. The maximum atomic E-state index is 5.42. The highest BCUT2D eigenvalue weighted by atomic mass is 127. The molecule has 1 fully saturated rings. The summed E-state index contributed by atoms with van der Waals surface area (Å²) in [6.07, 6.45) is 0.862. The second-order valence-corrected chi connectivity index (χ2v) is 7.77. The van der Waals surface area contributed by atoms with Gasteiger partial charge in [0.1, 0.15) is 0 Å². The van der Waals surface area contributed by atoms with Crippen molar-refractivity contribution in [3.8, 4) is 11.5 Å². The molecule has 0 aliphatic carbocycles. The van der Waals surface area contributed by atoms with Crippen LogP contribution in [0.1, 0.15) is 23.6 Å². The molecule has 0 atom stereocenters. The third kappa shape index (κ3) is 9.02. The lowest BCUT2D eigenvalue weighted by molar-refractivity contribution is 0.0342. The highest BCUT2D eigenvalue weighted by Crippen LogP contribution is 2.27. The van der Waals surface area contributed by atoms with Gasteiger partial charge >= 0.3 is 0 Å². The van der Waals surface area contributed by atoms with Crippen LogP contribution in [-0.4, -0.2) is 64.5 Å². The monoisotopic (exact) mass is 568 g/mol. The molecule has 0 radical (unpaired) electrons. The van der Waals surface area contributed by atoms with E-state index in [-0.39, 0.29) is 24.0 Å². The smallest absolute Gasteiger partial charge is 0.191 e. The first-order valence-electron chi connectivity index (χ1n) is 11.3. The third-order valence-electron chi connectivity index (χ3n) is 5.45. The van der Waals surface area contributed by atoms with Crippen molar-refractivity contribution >= 4 is 29.9 Å². The van der Waals surface area contributed by atoms with Crippen LogP contribution in [0.4, 0.5) is 0 Å². The van der Waals surface area contributed by atoms with E-state index in [0.29, 0.717) is 6.54 Å². The van der Waals surface area contributed by atoms with Crippen molar-refractivity contribution in [3.05, 3.63) is 59.2 Å². The Morgan fingerprint density at radius 2 is 1.61 bits per heavy atom. The molecule has 2 aromatic rings. The number of rotatable bonds is 10. The van der Waals surface area contributed by atoms with E-state index in [1.165, 1.54) is 16.7 Å². The van der Waals surface area contributed by atoms with Gasteiger partial charge in [-0.05, 0) is 42.2 Å². The van der Waals surface area contributed by atoms with E-state index >= 15 is 0 Å². The van der Waals surface area contributed by atoms with Gasteiger partial charge in [0.05, 0.1) is 34.0 Å². The molecule has 1 saturated heterocycles. The van der Waals surface area contributed by atoms with Gasteiger partial charge in [-0.2, -0.15) is 0 Å². The fraction of sp³-hybridized carbons (Fsp3) is 0.480. The Bertz CT molecular complexity index is 855. The average Bonchev–Trinajstić information content (AvgIpc) is 2.84. The maximum Gasteiger partial charge on any atom is 0.191 e. The van der Waals surface area contributed by atoms with Gasteiger partial charge in [0.2, 0.25) is 0 Å². The minimum Gasteiger partial charge on any atom is -0.493 e. The number of morpholine rings is 1. The van der Waals surface area contributed by atoms with Gasteiger partial charge < -0.3 is 24.8 Å². The van der Waals surface area contributed by atoms with Crippen LogP contribution in [0, 0.1) is 0 Å². The molecule has 182 valence electrons. The summed E-state index contributed by atoms with van der Waals surface area (Å²) in [6, 6.07) is 14.8. The Balaban J connectivity index is 0.00000385. The lowest BCUT2D eigenvalue weighted by atomic mass is 10.1. The molecule has 0 unspecified atom stereocenters. The number of halogens is 1. The number of nitrogens with zero attached hydrogens (tertiary/aromatic N) is 2. The number of hydrogen-bond donors (Lipinski definition) is 2. The van der Waals surface area contributed by atoms with Crippen LogP contribution in [0.2, 0.25) is 0 Å². The normalized spacial score (nSPS) is 14.3. The largest absolute Gasteiger partial charge is 0.493 e. The molecule has 3 rings (SSSR count). The minimum atomic E-state index is 0. The Morgan fingerprint density at radius 3 is 2.27 bits per heavy atom. The molecule has 0 amide bonds. The summed E-state index contributed by atoms with van der Waals surface area (Å²) in [5.41, 5.74) is 3.72. The first kappa shape index (κ1) is 27.2. The second kappa shape index (κ2) is 15.0. The van der Waals surface area contributed by atoms with Crippen molar-refractivity contribution in [1.82, 2.24) is 15.5 Å². The zero-order valence-electron chi connectivity index (χ0n) is 19.9. The van der Waals surface area contributed by atoms with Crippen molar-refractivity contribution in [2.45, 2.75) is 26.4 Å². The average molecular weight is 569 g/mol. The lowest BCUT2D eigenvalue weighted by Crippen LogP contribution is -2.38. The van der Waals surface area contributed by atoms with Gasteiger partial charge in [-0.15, -0.1) is 24.0 Å². The second-order valence-electron chi connectivity index (χ2n) is 7.77. The summed E-state index contributed by atoms with van der Waals surface area (Å²) in [4.78, 5) is 7.18. The summed E-state index contributed by atoms with van der Waals surface area (Å²) in [6.45, 7) is 8.97. The van der Waals surface area contributed by atoms with Gasteiger partial charge in [-0.3, -0.25) is 4.90 Å². The number of hydrogen-bond acceptors (Lipinski definition) is 5. The van der Waals surface area contributed by atoms with E-state index in [1.54, 1.807) is 14.2 Å². The summed E-state index contributed by atoms with van der Waals surface area (Å²) >= 11 is 0. The Morgan fingerprint density at radius 1 is 0.939 bits per heavy atom. The van der Waals surface area contributed by atoms with Crippen molar-refractivity contribution in [1.29, 1.82) is 0 Å². The summed E-state index contributed by atoms with van der Waals surface area (Å²) < 4.78 is 16.1. The summed E-state index contributed by atoms with van der Waals surface area (Å²) in [7, 11) is 3.31. The highest BCUT2D eigenvalue weighted by molar-refractivity contribution is 14.0. The van der Waals surface area contributed by atoms with Crippen molar-refractivity contribution in [3.63, 3.8) is 0 Å². The molecule has 7 nitrogen and oxygen atoms in total. The minimum absolute atomic E-state index is 0. The number of guanidine groups is 1. The topological polar surface area (TPSA) is 67.4 Å². The number of aliphatic imine (C=N–C) groups is 1. The van der Waals surface area contributed by atoms with E-state index in [0.717, 1.165) is 69.8 Å². The molecule has 2 N–H and O–H groups in total. The van der Waals surface area contributed by atoms with Crippen molar-refractivity contribution in [2.24, 2.45) is 4.99 Å². The number of ether oxygens (including phenoxy) is 3. The van der Waals surface area contributed by atoms with E-state index in [1.807, 2.05) is 12.1 Å². The Kier molecular flexibility index (Phi) is 12.3. The zero-order chi connectivity index (χ0) is 22.6. The van der Waals surface area contributed by atoms with Crippen LogP contribution in [0.15, 0.2) is 47.5 Å².